The molecule has 1 aliphatic carbocycles. The number of amides is 1. The molecule has 116 valence electrons. The fourth-order valence-corrected chi connectivity index (χ4v) is 3.28. The Hall–Kier alpha value is -1.68. The fourth-order valence-electron chi connectivity index (χ4n) is 2.67. The predicted molar refractivity (Wildman–Crippen MR) is 89.6 cm³/mol. The van der Waals surface area contributed by atoms with Gasteiger partial charge in [-0.05, 0) is 38.2 Å². The maximum absolute atomic E-state index is 12.6. The standard InChI is InChI=1S/C18H22N2OS/c1-14(7-8-15-5-3-2-4-6-15)20(18(21)16-9-10-16)13-17-19-11-12-22-17/h2-6,11-12,14,16H,7-10,13H2,1H3/t14-/m1/s1. The van der Waals surface area contributed by atoms with E-state index in [1.54, 1.807) is 11.3 Å². The van der Waals surface area contributed by atoms with Crippen LogP contribution in [-0.4, -0.2) is 21.8 Å². The summed E-state index contributed by atoms with van der Waals surface area (Å²) in [5.41, 5.74) is 1.34. The van der Waals surface area contributed by atoms with Crippen molar-refractivity contribution >= 4 is 17.2 Å². The third-order valence-electron chi connectivity index (χ3n) is 4.22. The summed E-state index contributed by atoms with van der Waals surface area (Å²) >= 11 is 1.63. The molecule has 1 amide bonds. The number of aryl methyl sites for hydroxylation is 1. The van der Waals surface area contributed by atoms with Crippen molar-refractivity contribution in [2.45, 2.75) is 45.2 Å². The Labute approximate surface area is 136 Å². The SMILES string of the molecule is C[C@H](CCc1ccccc1)N(Cc1nccs1)C(=O)C1CC1. The molecule has 0 radical (unpaired) electrons. The summed E-state index contributed by atoms with van der Waals surface area (Å²) in [6.07, 6.45) is 5.92. The number of hydrogen-bond donors (Lipinski definition) is 0. The average molecular weight is 314 g/mol. The fraction of sp³-hybridized carbons (Fsp3) is 0.444. The van der Waals surface area contributed by atoms with Gasteiger partial charge in [-0.15, -0.1) is 11.3 Å². The average Bonchev–Trinajstić information content (AvgIpc) is 3.28. The molecule has 1 fully saturated rings. The van der Waals surface area contributed by atoms with Crippen molar-refractivity contribution in [2.24, 2.45) is 5.92 Å². The summed E-state index contributed by atoms with van der Waals surface area (Å²) < 4.78 is 0. The number of benzene rings is 1. The smallest absolute Gasteiger partial charge is 0.226 e. The Morgan fingerprint density at radius 2 is 2.14 bits per heavy atom. The van der Waals surface area contributed by atoms with Gasteiger partial charge in [0.15, 0.2) is 0 Å². The molecule has 22 heavy (non-hydrogen) atoms. The van der Waals surface area contributed by atoms with Crippen molar-refractivity contribution in [3.8, 4) is 0 Å². The topological polar surface area (TPSA) is 33.2 Å². The van der Waals surface area contributed by atoms with Gasteiger partial charge in [-0.2, -0.15) is 0 Å². The lowest BCUT2D eigenvalue weighted by Gasteiger charge is -2.29. The van der Waals surface area contributed by atoms with Crippen LogP contribution in [0.4, 0.5) is 0 Å². The Kier molecular flexibility index (Phi) is 4.88. The largest absolute Gasteiger partial charge is 0.333 e. The molecule has 0 N–H and O–H groups in total. The van der Waals surface area contributed by atoms with Crippen LogP contribution in [0.25, 0.3) is 0 Å². The second kappa shape index (κ2) is 7.05. The summed E-state index contributed by atoms with van der Waals surface area (Å²) in [6.45, 7) is 2.82. The molecule has 1 saturated carbocycles. The molecule has 1 aliphatic rings. The Bertz CT molecular complexity index is 593. The van der Waals surface area contributed by atoms with E-state index in [2.05, 4.69) is 36.2 Å². The molecule has 0 spiro atoms. The van der Waals surface area contributed by atoms with Gasteiger partial charge in [-0.1, -0.05) is 30.3 Å². The number of carbonyl (C=O) groups excluding carboxylic acids is 1. The highest BCUT2D eigenvalue weighted by Gasteiger charge is 2.35. The lowest BCUT2D eigenvalue weighted by molar-refractivity contribution is -0.135. The summed E-state index contributed by atoms with van der Waals surface area (Å²) in [5.74, 6) is 0.579. The lowest BCUT2D eigenvalue weighted by Crippen LogP contribution is -2.39. The molecular formula is C18H22N2OS. The highest BCUT2D eigenvalue weighted by molar-refractivity contribution is 7.09. The molecule has 0 unspecified atom stereocenters. The minimum Gasteiger partial charge on any atom is -0.333 e. The molecule has 1 aromatic carbocycles. The van der Waals surface area contributed by atoms with Crippen molar-refractivity contribution in [2.75, 3.05) is 0 Å². The molecule has 0 bridgehead atoms. The Morgan fingerprint density at radius 3 is 2.77 bits per heavy atom. The van der Waals surface area contributed by atoms with E-state index in [1.165, 1.54) is 5.56 Å². The van der Waals surface area contributed by atoms with E-state index >= 15 is 0 Å². The van der Waals surface area contributed by atoms with Crippen LogP contribution in [0, 0.1) is 5.92 Å². The summed E-state index contributed by atoms with van der Waals surface area (Å²) in [5, 5.41) is 3.00. The van der Waals surface area contributed by atoms with E-state index in [9.17, 15) is 4.79 Å². The first-order valence-corrected chi connectivity index (χ1v) is 8.85. The molecule has 0 aliphatic heterocycles. The van der Waals surface area contributed by atoms with Crippen LogP contribution in [0.15, 0.2) is 41.9 Å². The van der Waals surface area contributed by atoms with Gasteiger partial charge < -0.3 is 4.90 Å². The number of nitrogens with zero attached hydrogens (tertiary/aromatic N) is 2. The zero-order valence-corrected chi connectivity index (χ0v) is 13.8. The molecule has 4 heteroatoms. The number of hydrogen-bond acceptors (Lipinski definition) is 3. The van der Waals surface area contributed by atoms with Gasteiger partial charge >= 0.3 is 0 Å². The van der Waals surface area contributed by atoms with Gasteiger partial charge in [-0.25, -0.2) is 4.98 Å². The van der Waals surface area contributed by atoms with E-state index in [4.69, 9.17) is 0 Å². The maximum atomic E-state index is 12.6. The Balaban J connectivity index is 1.63. The molecule has 1 aromatic heterocycles. The minimum atomic E-state index is 0.247. The van der Waals surface area contributed by atoms with Crippen molar-refractivity contribution in [1.29, 1.82) is 0 Å². The normalized spacial score (nSPS) is 15.5. The van der Waals surface area contributed by atoms with Gasteiger partial charge in [0.05, 0.1) is 6.54 Å². The van der Waals surface area contributed by atoms with E-state index in [1.807, 2.05) is 22.5 Å². The first-order valence-electron chi connectivity index (χ1n) is 7.97. The molecule has 0 saturated heterocycles. The van der Waals surface area contributed by atoms with Gasteiger partial charge in [0, 0.05) is 23.5 Å². The van der Waals surface area contributed by atoms with Crippen molar-refractivity contribution in [3.05, 3.63) is 52.5 Å². The third-order valence-corrected chi connectivity index (χ3v) is 4.99. The van der Waals surface area contributed by atoms with Crippen LogP contribution in [0.1, 0.15) is 36.8 Å². The molecule has 1 heterocycles. The maximum Gasteiger partial charge on any atom is 0.226 e. The van der Waals surface area contributed by atoms with Crippen LogP contribution < -0.4 is 0 Å². The zero-order chi connectivity index (χ0) is 15.4. The molecule has 2 aromatic rings. The van der Waals surface area contributed by atoms with Gasteiger partial charge in [0.1, 0.15) is 5.01 Å². The van der Waals surface area contributed by atoms with E-state index < -0.39 is 0 Å². The Morgan fingerprint density at radius 1 is 1.36 bits per heavy atom. The second-order valence-electron chi connectivity index (χ2n) is 6.04. The number of rotatable bonds is 7. The molecule has 3 rings (SSSR count). The van der Waals surface area contributed by atoms with E-state index in [0.717, 1.165) is 30.7 Å². The first-order chi connectivity index (χ1) is 10.7. The highest BCUT2D eigenvalue weighted by atomic mass is 32.1. The molecule has 3 nitrogen and oxygen atoms in total. The monoisotopic (exact) mass is 314 g/mol. The second-order valence-corrected chi connectivity index (χ2v) is 7.02. The van der Waals surface area contributed by atoms with Crippen LogP contribution >= 0.6 is 11.3 Å². The van der Waals surface area contributed by atoms with Crippen LogP contribution in [0.5, 0.6) is 0 Å². The van der Waals surface area contributed by atoms with Crippen molar-refractivity contribution in [3.63, 3.8) is 0 Å². The van der Waals surface area contributed by atoms with E-state index in [0.29, 0.717) is 12.5 Å². The van der Waals surface area contributed by atoms with Crippen LogP contribution in [0.3, 0.4) is 0 Å². The molecular weight excluding hydrogens is 292 g/mol. The minimum absolute atomic E-state index is 0.247. The molecule has 1 atom stereocenters. The number of aromatic nitrogens is 1. The van der Waals surface area contributed by atoms with Gasteiger partial charge in [0.2, 0.25) is 5.91 Å². The van der Waals surface area contributed by atoms with Gasteiger partial charge in [0.25, 0.3) is 0 Å². The zero-order valence-electron chi connectivity index (χ0n) is 12.9. The van der Waals surface area contributed by atoms with E-state index in [-0.39, 0.29) is 12.0 Å². The number of thiazole rings is 1. The third kappa shape index (κ3) is 3.95. The summed E-state index contributed by atoms with van der Waals surface area (Å²) in [6, 6.07) is 10.7. The number of carbonyl (C=O) groups is 1. The predicted octanol–water partition coefficient (Wildman–Crippen LogP) is 3.90. The lowest BCUT2D eigenvalue weighted by atomic mass is 10.0. The quantitative estimate of drug-likeness (QED) is 0.776. The summed E-state index contributed by atoms with van der Waals surface area (Å²) in [4.78, 5) is 19.0. The van der Waals surface area contributed by atoms with Gasteiger partial charge in [-0.3, -0.25) is 4.79 Å². The first kappa shape index (κ1) is 15.2. The van der Waals surface area contributed by atoms with Crippen LogP contribution in [-0.2, 0) is 17.8 Å². The van der Waals surface area contributed by atoms with Crippen molar-refractivity contribution < 1.29 is 4.79 Å². The summed E-state index contributed by atoms with van der Waals surface area (Å²) in [7, 11) is 0. The highest BCUT2D eigenvalue weighted by Crippen LogP contribution is 2.32. The van der Waals surface area contributed by atoms with Crippen LogP contribution in [0.2, 0.25) is 0 Å². The van der Waals surface area contributed by atoms with Crippen molar-refractivity contribution in [1.82, 2.24) is 9.88 Å².